The smallest absolute Gasteiger partial charge is 0.338 e. The first-order chi connectivity index (χ1) is 31.7. The van der Waals surface area contributed by atoms with Gasteiger partial charge in [0.2, 0.25) is 0 Å². The fraction of sp³-hybridized carbons (Fsp3) is 0.460. The molecule has 17 heteroatoms. The summed E-state index contributed by atoms with van der Waals surface area (Å²) in [6.45, 7) is 8.31. The van der Waals surface area contributed by atoms with Crippen LogP contribution in [0.25, 0.3) is 0 Å². The number of Topliss-reactive ketones (excluding diaryl/α,β-unsaturated/α-hetero) is 1. The summed E-state index contributed by atoms with van der Waals surface area (Å²) >= 11 is 5.96. The van der Waals surface area contributed by atoms with Crippen LogP contribution in [0.5, 0.6) is 0 Å². The van der Waals surface area contributed by atoms with E-state index in [0.29, 0.717) is 5.56 Å². The van der Waals surface area contributed by atoms with E-state index in [4.69, 9.17) is 40.0 Å². The minimum atomic E-state index is -2.46. The Bertz CT molecular complexity index is 2450. The summed E-state index contributed by atoms with van der Waals surface area (Å²) in [4.78, 5) is 98.4. The van der Waals surface area contributed by atoms with Crippen LogP contribution >= 0.6 is 11.6 Å². The Labute approximate surface area is 392 Å². The lowest BCUT2D eigenvalue weighted by molar-refractivity contribution is -0.346. The predicted octanol–water partition coefficient (Wildman–Crippen LogP) is 4.92. The molecular weight excluding hydrogens is 890 g/mol. The van der Waals surface area contributed by atoms with Gasteiger partial charge in [-0.25, -0.2) is 9.59 Å². The summed E-state index contributed by atoms with van der Waals surface area (Å²) in [6.07, 6.45) is -11.0. The van der Waals surface area contributed by atoms with Gasteiger partial charge in [0.25, 0.3) is 5.91 Å². The van der Waals surface area contributed by atoms with Crippen molar-refractivity contribution in [1.82, 2.24) is 5.32 Å². The summed E-state index contributed by atoms with van der Waals surface area (Å²) in [5, 5.41) is 28.5. The Morgan fingerprint density at radius 2 is 1.45 bits per heavy atom. The monoisotopic (exact) mass is 943 g/mol. The van der Waals surface area contributed by atoms with E-state index in [-0.39, 0.29) is 41.7 Å². The molecule has 0 radical (unpaired) electrons. The van der Waals surface area contributed by atoms with E-state index >= 15 is 4.79 Å². The molecule has 0 aromatic heterocycles. The molecule has 1 heterocycles. The van der Waals surface area contributed by atoms with Crippen LogP contribution in [-0.4, -0.2) is 112 Å². The van der Waals surface area contributed by atoms with E-state index in [9.17, 15) is 39.0 Å². The Balaban J connectivity index is 1.43. The van der Waals surface area contributed by atoms with Gasteiger partial charge < -0.3 is 44.0 Å². The van der Waals surface area contributed by atoms with Crippen molar-refractivity contribution in [1.29, 1.82) is 0 Å². The van der Waals surface area contributed by atoms with E-state index in [1.54, 1.807) is 92.7 Å². The molecule has 16 nitrogen and oxygen atoms in total. The Morgan fingerprint density at radius 3 is 2.00 bits per heavy atom. The van der Waals surface area contributed by atoms with Gasteiger partial charge in [0.15, 0.2) is 23.6 Å². The van der Waals surface area contributed by atoms with Crippen LogP contribution in [0.2, 0.25) is 0 Å². The number of aliphatic hydroxyl groups is 2. The first kappa shape index (κ1) is 49.0. The number of esters is 5. The van der Waals surface area contributed by atoms with E-state index in [1.807, 2.05) is 0 Å². The van der Waals surface area contributed by atoms with E-state index in [2.05, 4.69) is 5.32 Å². The van der Waals surface area contributed by atoms with Gasteiger partial charge in [-0.15, -0.1) is 11.6 Å². The molecule has 3 fully saturated rings. The molecule has 3 aliphatic carbocycles. The van der Waals surface area contributed by atoms with Gasteiger partial charge in [0.05, 0.1) is 29.5 Å². The zero-order valence-electron chi connectivity index (χ0n) is 37.9. The molecule has 1 aliphatic heterocycles. The van der Waals surface area contributed by atoms with Crippen molar-refractivity contribution in [3.63, 3.8) is 0 Å². The van der Waals surface area contributed by atoms with Crippen LogP contribution in [0.3, 0.4) is 0 Å². The van der Waals surface area contributed by atoms with Crippen LogP contribution in [-0.2, 0) is 52.4 Å². The highest BCUT2D eigenvalue weighted by Gasteiger charge is 2.79. The lowest BCUT2D eigenvalue weighted by Crippen LogP contribution is -2.82. The van der Waals surface area contributed by atoms with E-state index in [0.717, 1.165) is 6.92 Å². The van der Waals surface area contributed by atoms with Gasteiger partial charge in [-0.3, -0.25) is 24.0 Å². The zero-order chi connectivity index (χ0) is 48.6. The van der Waals surface area contributed by atoms with Gasteiger partial charge in [-0.1, -0.05) is 87.5 Å². The number of rotatable bonds is 13. The van der Waals surface area contributed by atoms with Gasteiger partial charge in [0.1, 0.15) is 35.9 Å². The maximum Gasteiger partial charge on any atom is 0.338 e. The molecule has 0 unspecified atom stereocenters. The number of carbonyl (C=O) groups is 7. The molecule has 7 rings (SSSR count). The Kier molecular flexibility index (Phi) is 13.9. The molecule has 1 saturated heterocycles. The molecule has 67 heavy (non-hydrogen) atoms. The largest absolute Gasteiger partial charge is 0.460 e. The number of benzene rings is 3. The third-order valence-electron chi connectivity index (χ3n) is 14.1. The topological polar surface area (TPSA) is 227 Å². The molecule has 1 amide bonds. The van der Waals surface area contributed by atoms with Crippen molar-refractivity contribution < 1.29 is 72.2 Å². The molecule has 3 aromatic rings. The zero-order valence-corrected chi connectivity index (χ0v) is 38.7. The number of amides is 1. The summed E-state index contributed by atoms with van der Waals surface area (Å²) in [5.74, 6) is -8.57. The van der Waals surface area contributed by atoms with Crippen molar-refractivity contribution in [2.24, 2.45) is 16.7 Å². The number of nitrogens with one attached hydrogen (secondary N) is 1. The minimum Gasteiger partial charge on any atom is -0.460 e. The third kappa shape index (κ3) is 8.64. The maximum absolute atomic E-state index is 16.0. The summed E-state index contributed by atoms with van der Waals surface area (Å²) in [7, 11) is 0. The molecule has 11 atom stereocenters. The lowest BCUT2D eigenvalue weighted by atomic mass is 9.44. The highest BCUT2D eigenvalue weighted by molar-refractivity contribution is 6.26. The summed E-state index contributed by atoms with van der Waals surface area (Å²) in [5.41, 5.74) is -7.42. The van der Waals surface area contributed by atoms with E-state index in [1.165, 1.54) is 32.9 Å². The highest BCUT2D eigenvalue weighted by atomic mass is 35.5. The van der Waals surface area contributed by atoms with Crippen molar-refractivity contribution in [3.05, 3.63) is 119 Å². The third-order valence-corrected chi connectivity index (χ3v) is 14.3. The number of ketones is 1. The number of hydrogen-bond donors (Lipinski definition) is 3. The average molecular weight is 944 g/mol. The maximum atomic E-state index is 16.0. The standard InChI is InChI=1S/C50H54ClNO15/c1-7-35(54)65-40-37-27(2)32(63-46(60)39(56)38(29-17-11-8-12-18-29)52-44(58)30-19-13-9-14-20-30)24-50(61,47(37,4)5)43(66-45(59)31-21-15-10-16-22-31)41-48(6,42(40)57)33(64-36(55)25-51)23-34-49(41,26-62-34)67-28(3)53/h8-22,32-34,38-41,43,56,61H,7,23-26H2,1-6H3,(H,52,58)/t32-,33-,34+,38-,39+,40+,41-,43-,48+,49-,50+/m0/s1. The summed E-state index contributed by atoms with van der Waals surface area (Å²) in [6, 6.07) is 22.8. The van der Waals surface area contributed by atoms with Crippen molar-refractivity contribution in [2.45, 2.75) is 115 Å². The number of carbonyl (C=O) groups excluding carboxylic acids is 7. The normalized spacial score (nSPS) is 30.3. The summed E-state index contributed by atoms with van der Waals surface area (Å²) < 4.78 is 36.8. The highest BCUT2D eigenvalue weighted by Crippen LogP contribution is 2.65. The fourth-order valence-corrected chi connectivity index (χ4v) is 10.6. The molecule has 2 bridgehead atoms. The van der Waals surface area contributed by atoms with Crippen molar-refractivity contribution in [3.8, 4) is 0 Å². The van der Waals surface area contributed by atoms with Crippen molar-refractivity contribution >= 4 is 53.1 Å². The number of hydrogen-bond acceptors (Lipinski definition) is 15. The molecule has 0 spiro atoms. The molecule has 3 N–H and O–H groups in total. The van der Waals surface area contributed by atoms with Crippen LogP contribution in [0.4, 0.5) is 0 Å². The van der Waals surface area contributed by atoms with E-state index < -0.39 is 124 Å². The fourth-order valence-electron chi connectivity index (χ4n) is 10.6. The quantitative estimate of drug-likeness (QED) is 0.0895. The second kappa shape index (κ2) is 19.0. The molecule has 2 saturated carbocycles. The van der Waals surface area contributed by atoms with Crippen LogP contribution < -0.4 is 5.32 Å². The van der Waals surface area contributed by atoms with Gasteiger partial charge in [-0.2, -0.15) is 0 Å². The first-order valence-corrected chi connectivity index (χ1v) is 22.6. The Morgan fingerprint density at radius 1 is 0.851 bits per heavy atom. The SMILES string of the molecule is CCC(=O)O[C@H]1C(=O)[C@]2(C)[C@@H](OC(=O)CCl)C[C@H]3OC[C@@]3(OC(C)=O)[C@H]2[C@H](OC(=O)c2ccccc2)[C@]2(O)C[C@H](OC(=O)[C@H](O)[C@@H](NC(=O)c3ccccc3)c3ccccc3)C(C)=C1C2(C)C. The lowest BCUT2D eigenvalue weighted by Gasteiger charge is -2.67. The number of aliphatic hydroxyl groups excluding tert-OH is 1. The average Bonchev–Trinajstić information content (AvgIpc) is 3.31. The minimum absolute atomic E-state index is 0.0336. The van der Waals surface area contributed by atoms with Gasteiger partial charge in [-0.05, 0) is 54.8 Å². The van der Waals surface area contributed by atoms with Crippen molar-refractivity contribution in [2.75, 3.05) is 12.5 Å². The Hall–Kier alpha value is -5.94. The number of ether oxygens (including phenoxy) is 6. The molecule has 356 valence electrons. The molecule has 3 aromatic carbocycles. The number of fused-ring (bicyclic) bond motifs is 5. The first-order valence-electron chi connectivity index (χ1n) is 22.0. The molecular formula is C50H54ClNO15. The van der Waals surface area contributed by atoms with Gasteiger partial charge in [0, 0.05) is 37.2 Å². The number of alkyl halides is 1. The predicted molar refractivity (Wildman–Crippen MR) is 237 cm³/mol. The van der Waals surface area contributed by atoms with Crippen LogP contribution in [0.1, 0.15) is 93.1 Å². The van der Waals surface area contributed by atoms with Gasteiger partial charge >= 0.3 is 29.8 Å². The second-order valence-corrected chi connectivity index (χ2v) is 18.5. The second-order valence-electron chi connectivity index (χ2n) is 18.2. The number of halogens is 1. The van der Waals surface area contributed by atoms with Crippen LogP contribution in [0, 0.1) is 16.7 Å². The molecule has 4 aliphatic rings. The van der Waals surface area contributed by atoms with Crippen LogP contribution in [0.15, 0.2) is 102 Å².